The molecule has 2 heterocycles. The van der Waals surface area contributed by atoms with E-state index in [4.69, 9.17) is 0 Å². The first-order valence-electron chi connectivity index (χ1n) is 11.4. The standard InChI is InChI=1S/C29H37N2/c1-14-13-15(2)27-25(16(14)3)26-21(8)17(4)18(5)22(9)28(26)31(27)29-23(10)19(6)20(7)24(11)30(29)12/h13H,1-12H3/q+1. The molecule has 2 aromatic carbocycles. The lowest BCUT2D eigenvalue weighted by atomic mass is 9.92. The third-order valence-corrected chi connectivity index (χ3v) is 8.40. The van der Waals surface area contributed by atoms with Crippen molar-refractivity contribution in [2.45, 2.75) is 76.2 Å². The lowest BCUT2D eigenvalue weighted by Gasteiger charge is -2.17. The number of hydrogen-bond donors (Lipinski definition) is 0. The van der Waals surface area contributed by atoms with Crippen molar-refractivity contribution in [2.24, 2.45) is 7.05 Å². The van der Waals surface area contributed by atoms with Crippen LogP contribution in [0, 0.1) is 76.2 Å². The van der Waals surface area contributed by atoms with Gasteiger partial charge in [-0.1, -0.05) is 6.07 Å². The van der Waals surface area contributed by atoms with Crippen LogP contribution in [0.4, 0.5) is 0 Å². The van der Waals surface area contributed by atoms with Crippen molar-refractivity contribution in [3.05, 3.63) is 67.4 Å². The van der Waals surface area contributed by atoms with Crippen molar-refractivity contribution in [1.29, 1.82) is 0 Å². The number of fused-ring (bicyclic) bond motifs is 3. The maximum absolute atomic E-state index is 2.58. The van der Waals surface area contributed by atoms with Gasteiger partial charge in [-0.3, -0.25) is 0 Å². The van der Waals surface area contributed by atoms with E-state index in [1.165, 1.54) is 89.0 Å². The summed E-state index contributed by atoms with van der Waals surface area (Å²) in [6, 6.07) is 2.36. The van der Waals surface area contributed by atoms with Gasteiger partial charge in [0.2, 0.25) is 0 Å². The molecule has 0 saturated heterocycles. The average molecular weight is 414 g/mol. The van der Waals surface area contributed by atoms with Gasteiger partial charge in [0.1, 0.15) is 16.7 Å². The van der Waals surface area contributed by atoms with Crippen LogP contribution in [0.5, 0.6) is 0 Å². The van der Waals surface area contributed by atoms with Crippen LogP contribution >= 0.6 is 0 Å². The predicted octanol–water partition coefficient (Wildman–Crippen LogP) is 7.00. The normalized spacial score (nSPS) is 11.9. The number of hydrogen-bond acceptors (Lipinski definition) is 0. The number of aryl methyl sites for hydroxylation is 5. The summed E-state index contributed by atoms with van der Waals surface area (Å²) < 4.78 is 4.98. The Morgan fingerprint density at radius 1 is 0.516 bits per heavy atom. The Hall–Kier alpha value is -2.61. The third-order valence-electron chi connectivity index (χ3n) is 8.40. The van der Waals surface area contributed by atoms with Gasteiger partial charge in [-0.2, -0.15) is 4.57 Å². The van der Waals surface area contributed by atoms with Crippen molar-refractivity contribution < 1.29 is 4.57 Å². The van der Waals surface area contributed by atoms with Gasteiger partial charge in [-0.05, 0) is 121 Å². The minimum absolute atomic E-state index is 1.29. The molecule has 0 aliphatic rings. The van der Waals surface area contributed by atoms with E-state index in [0.29, 0.717) is 0 Å². The van der Waals surface area contributed by atoms with Crippen LogP contribution in [0.15, 0.2) is 6.07 Å². The van der Waals surface area contributed by atoms with Crippen LogP contribution in [0.1, 0.15) is 61.3 Å². The zero-order valence-corrected chi connectivity index (χ0v) is 21.5. The summed E-state index contributed by atoms with van der Waals surface area (Å²) in [4.78, 5) is 0. The molecule has 2 nitrogen and oxygen atoms in total. The minimum atomic E-state index is 1.29. The van der Waals surface area contributed by atoms with Gasteiger partial charge in [0.15, 0.2) is 0 Å². The van der Waals surface area contributed by atoms with Gasteiger partial charge in [0.05, 0.1) is 7.05 Å². The second-order valence-corrected chi connectivity index (χ2v) is 9.76. The molecular formula is C29H37N2+. The molecule has 0 radical (unpaired) electrons. The lowest BCUT2D eigenvalue weighted by Crippen LogP contribution is -2.39. The molecule has 0 aliphatic heterocycles. The Balaban J connectivity index is 2.47. The highest BCUT2D eigenvalue weighted by Gasteiger charge is 2.31. The summed E-state index contributed by atoms with van der Waals surface area (Å²) in [5, 5.41) is 2.85. The quantitative estimate of drug-likeness (QED) is 0.297. The first-order valence-corrected chi connectivity index (χ1v) is 11.4. The van der Waals surface area contributed by atoms with Gasteiger partial charge in [0, 0.05) is 21.9 Å². The van der Waals surface area contributed by atoms with Gasteiger partial charge in [-0.25, -0.2) is 4.57 Å². The Morgan fingerprint density at radius 3 is 1.65 bits per heavy atom. The van der Waals surface area contributed by atoms with Gasteiger partial charge in [-0.15, -0.1) is 0 Å². The van der Waals surface area contributed by atoms with Crippen LogP contribution < -0.4 is 4.57 Å². The zero-order valence-electron chi connectivity index (χ0n) is 21.5. The average Bonchev–Trinajstić information content (AvgIpc) is 3.08. The van der Waals surface area contributed by atoms with Crippen molar-refractivity contribution >= 4 is 21.8 Å². The molecule has 0 aliphatic carbocycles. The second kappa shape index (κ2) is 6.95. The van der Waals surface area contributed by atoms with E-state index in [-0.39, 0.29) is 0 Å². The van der Waals surface area contributed by atoms with Crippen LogP contribution in [0.25, 0.3) is 27.6 Å². The molecule has 0 bridgehead atoms. The van der Waals surface area contributed by atoms with Crippen LogP contribution in [-0.2, 0) is 7.05 Å². The molecule has 0 saturated carbocycles. The van der Waals surface area contributed by atoms with E-state index >= 15 is 0 Å². The largest absolute Gasteiger partial charge is 0.290 e. The number of aromatic nitrogens is 2. The summed E-state index contributed by atoms with van der Waals surface area (Å²) in [5.74, 6) is 1.29. The van der Waals surface area contributed by atoms with Crippen molar-refractivity contribution in [3.63, 3.8) is 0 Å². The van der Waals surface area contributed by atoms with E-state index in [1.54, 1.807) is 0 Å². The monoisotopic (exact) mass is 413 g/mol. The first-order chi connectivity index (χ1) is 14.4. The summed E-state index contributed by atoms with van der Waals surface area (Å²) in [7, 11) is 2.22. The number of benzene rings is 2. The molecular weight excluding hydrogens is 376 g/mol. The number of nitrogens with zero attached hydrogens (tertiary/aromatic N) is 2. The topological polar surface area (TPSA) is 8.81 Å². The summed E-state index contributed by atoms with van der Waals surface area (Å²) >= 11 is 0. The predicted molar refractivity (Wildman–Crippen MR) is 134 cm³/mol. The van der Waals surface area contributed by atoms with E-state index in [2.05, 4.69) is 98.4 Å². The minimum Gasteiger partial charge on any atom is -0.233 e. The summed E-state index contributed by atoms with van der Waals surface area (Å²) in [6.07, 6.45) is 0. The maximum atomic E-state index is 2.58. The van der Waals surface area contributed by atoms with E-state index in [1.807, 2.05) is 0 Å². The number of pyridine rings is 1. The molecule has 2 aromatic heterocycles. The fourth-order valence-electron chi connectivity index (χ4n) is 5.57. The molecule has 0 spiro atoms. The van der Waals surface area contributed by atoms with Gasteiger partial charge < -0.3 is 0 Å². The van der Waals surface area contributed by atoms with E-state index < -0.39 is 0 Å². The fraction of sp³-hybridized carbons (Fsp3) is 0.414. The molecule has 2 heteroatoms. The SMILES string of the molecule is Cc1cc(C)c2c(c1C)c1c(C)c(C)c(C)c(C)c1n2-c1c(C)c(C)c(C)c(C)[n+]1C. The molecule has 0 atom stereocenters. The van der Waals surface area contributed by atoms with Crippen LogP contribution in [0.2, 0.25) is 0 Å². The Morgan fingerprint density at radius 2 is 1.03 bits per heavy atom. The lowest BCUT2D eigenvalue weighted by molar-refractivity contribution is -0.672. The summed E-state index contributed by atoms with van der Waals surface area (Å²) in [6.45, 7) is 25.0. The van der Waals surface area contributed by atoms with Gasteiger partial charge in [0.25, 0.3) is 5.82 Å². The molecule has 4 rings (SSSR count). The first kappa shape index (κ1) is 21.6. The molecule has 0 amide bonds. The van der Waals surface area contributed by atoms with Crippen molar-refractivity contribution in [3.8, 4) is 5.82 Å². The summed E-state index contributed by atoms with van der Waals surface area (Å²) in [5.41, 5.74) is 17.9. The Kier molecular flexibility index (Phi) is 4.85. The molecule has 31 heavy (non-hydrogen) atoms. The molecule has 0 unspecified atom stereocenters. The highest BCUT2D eigenvalue weighted by molar-refractivity contribution is 6.15. The Labute approximate surface area is 187 Å². The molecule has 0 N–H and O–H groups in total. The van der Waals surface area contributed by atoms with E-state index in [0.717, 1.165) is 0 Å². The third kappa shape index (κ3) is 2.67. The fourth-order valence-corrected chi connectivity index (χ4v) is 5.57. The highest BCUT2D eigenvalue weighted by Crippen LogP contribution is 2.42. The van der Waals surface area contributed by atoms with Gasteiger partial charge >= 0.3 is 0 Å². The number of rotatable bonds is 1. The molecule has 162 valence electrons. The van der Waals surface area contributed by atoms with Crippen molar-refractivity contribution in [1.82, 2.24) is 4.57 Å². The van der Waals surface area contributed by atoms with E-state index in [9.17, 15) is 0 Å². The molecule has 4 aromatic rings. The zero-order chi connectivity index (χ0) is 23.1. The van der Waals surface area contributed by atoms with Crippen molar-refractivity contribution in [2.75, 3.05) is 0 Å². The maximum Gasteiger partial charge on any atom is 0.290 e. The smallest absolute Gasteiger partial charge is 0.233 e. The van der Waals surface area contributed by atoms with Crippen LogP contribution in [-0.4, -0.2) is 4.57 Å². The molecule has 0 fully saturated rings. The highest BCUT2D eigenvalue weighted by atomic mass is 15.1. The van der Waals surface area contributed by atoms with Crippen LogP contribution in [0.3, 0.4) is 0 Å². The Bertz CT molecular complexity index is 1400. The second-order valence-electron chi connectivity index (χ2n) is 9.76.